The van der Waals surface area contributed by atoms with Gasteiger partial charge in [-0.05, 0) is 23.3 Å². The van der Waals surface area contributed by atoms with Crippen LogP contribution in [0.25, 0.3) is 0 Å². The third-order valence-electron chi connectivity index (χ3n) is 3.16. The fourth-order valence-electron chi connectivity index (χ4n) is 1.97. The van der Waals surface area contributed by atoms with Gasteiger partial charge in [-0.3, -0.25) is 4.79 Å². The number of halogens is 1. The van der Waals surface area contributed by atoms with Crippen molar-refractivity contribution in [1.82, 2.24) is 5.32 Å². The molecule has 0 aliphatic rings. The molecule has 0 aromatic heterocycles. The highest BCUT2D eigenvalue weighted by atomic mass is 79.9. The molecule has 1 atom stereocenters. The Balaban J connectivity index is 1.81. The van der Waals surface area contributed by atoms with Gasteiger partial charge in [0.25, 0.3) is 0 Å². The molecule has 0 spiro atoms. The summed E-state index contributed by atoms with van der Waals surface area (Å²) in [6.07, 6.45) is 0.374. The molecule has 21 heavy (non-hydrogen) atoms. The summed E-state index contributed by atoms with van der Waals surface area (Å²) in [6.45, 7) is 0.568. The minimum absolute atomic E-state index is 0.0144. The third-order valence-corrected chi connectivity index (χ3v) is 4.02. The van der Waals surface area contributed by atoms with E-state index >= 15 is 0 Å². The Hall–Kier alpha value is -1.81. The maximum atomic E-state index is 11.9. The molecule has 0 radical (unpaired) electrons. The largest absolute Gasteiger partial charge is 0.497 e. The normalized spacial score (nSPS) is 11.7. The highest BCUT2D eigenvalue weighted by Crippen LogP contribution is 2.21. The number of methoxy groups -OCH3 is 1. The molecule has 0 saturated carbocycles. The molecule has 0 aliphatic heterocycles. The van der Waals surface area contributed by atoms with Gasteiger partial charge in [0.05, 0.1) is 18.4 Å². The first kappa shape index (κ1) is 15.6. The van der Waals surface area contributed by atoms with Gasteiger partial charge in [0.15, 0.2) is 0 Å². The van der Waals surface area contributed by atoms with Gasteiger partial charge >= 0.3 is 0 Å². The van der Waals surface area contributed by atoms with Gasteiger partial charge in [0, 0.05) is 6.54 Å². The lowest BCUT2D eigenvalue weighted by Crippen LogP contribution is -2.28. The monoisotopic (exact) mass is 347 g/mol. The fourth-order valence-corrected chi connectivity index (χ4v) is 2.44. The zero-order chi connectivity index (χ0) is 15.1. The third kappa shape index (κ3) is 4.90. The van der Waals surface area contributed by atoms with E-state index in [0.29, 0.717) is 13.0 Å². The van der Waals surface area contributed by atoms with Crippen LogP contribution < -0.4 is 10.1 Å². The first-order valence-electron chi connectivity index (χ1n) is 6.77. The van der Waals surface area contributed by atoms with Crippen molar-refractivity contribution >= 4 is 21.8 Å². The summed E-state index contributed by atoms with van der Waals surface area (Å²) in [4.78, 5) is 12.1. The topological polar surface area (TPSA) is 38.3 Å². The van der Waals surface area contributed by atoms with Crippen molar-refractivity contribution < 1.29 is 9.53 Å². The number of nitrogens with one attached hydrogen (secondary N) is 1. The van der Waals surface area contributed by atoms with Crippen molar-refractivity contribution in [2.45, 2.75) is 11.2 Å². The number of hydrogen-bond donors (Lipinski definition) is 1. The minimum atomic E-state index is 0.0144. The number of benzene rings is 2. The van der Waals surface area contributed by atoms with Crippen LogP contribution in [-0.2, 0) is 11.2 Å². The predicted octanol–water partition coefficient (Wildman–Crippen LogP) is 3.49. The summed E-state index contributed by atoms with van der Waals surface area (Å²) in [5, 5.41) is 2.94. The second-order valence-corrected chi connectivity index (χ2v) is 5.81. The number of carbonyl (C=O) groups is 1. The molecule has 2 aromatic carbocycles. The molecule has 3 nitrogen and oxygen atoms in total. The molecule has 0 heterocycles. The predicted molar refractivity (Wildman–Crippen MR) is 87.8 cm³/mol. The molecule has 1 N–H and O–H groups in total. The molecular weight excluding hydrogens is 330 g/mol. The van der Waals surface area contributed by atoms with Gasteiger partial charge in [-0.2, -0.15) is 0 Å². The summed E-state index contributed by atoms with van der Waals surface area (Å²) in [7, 11) is 1.63. The van der Waals surface area contributed by atoms with Crippen LogP contribution in [0.5, 0.6) is 5.75 Å². The van der Waals surface area contributed by atoms with E-state index in [0.717, 1.165) is 16.9 Å². The average molecular weight is 348 g/mol. The van der Waals surface area contributed by atoms with Crippen LogP contribution in [0.3, 0.4) is 0 Å². The van der Waals surface area contributed by atoms with Gasteiger partial charge < -0.3 is 10.1 Å². The summed E-state index contributed by atoms with van der Waals surface area (Å²) < 4.78 is 5.10. The first-order valence-corrected chi connectivity index (χ1v) is 7.69. The lowest BCUT2D eigenvalue weighted by atomic mass is 10.1. The van der Waals surface area contributed by atoms with E-state index in [9.17, 15) is 4.79 Å². The Labute approximate surface area is 133 Å². The molecule has 110 valence electrons. The number of hydrogen-bond acceptors (Lipinski definition) is 2. The number of amides is 1. The van der Waals surface area contributed by atoms with Crippen molar-refractivity contribution in [2.75, 3.05) is 13.7 Å². The van der Waals surface area contributed by atoms with Gasteiger partial charge in [0.1, 0.15) is 5.75 Å². The first-order chi connectivity index (χ1) is 10.2. The Morgan fingerprint density at radius 3 is 2.43 bits per heavy atom. The van der Waals surface area contributed by atoms with Gasteiger partial charge in [-0.15, -0.1) is 0 Å². The number of carbonyl (C=O) groups excluding carboxylic acids is 1. The molecule has 4 heteroatoms. The molecular formula is C17H18BrNO2. The zero-order valence-corrected chi connectivity index (χ0v) is 13.5. The minimum Gasteiger partial charge on any atom is -0.497 e. The van der Waals surface area contributed by atoms with Crippen LogP contribution in [0.1, 0.15) is 16.0 Å². The van der Waals surface area contributed by atoms with Gasteiger partial charge in [-0.1, -0.05) is 58.4 Å². The quantitative estimate of drug-likeness (QED) is 0.812. The standard InChI is InChI=1S/C17H18BrNO2/c1-21-15-9-7-13(8-10-15)11-17(20)19-12-16(18)14-5-3-2-4-6-14/h2-10,16H,11-12H2,1H3,(H,19,20). The van der Waals surface area contributed by atoms with E-state index in [1.54, 1.807) is 7.11 Å². The van der Waals surface area contributed by atoms with Crippen LogP contribution in [0, 0.1) is 0 Å². The summed E-state index contributed by atoms with van der Waals surface area (Å²) in [5.41, 5.74) is 2.13. The van der Waals surface area contributed by atoms with Crippen molar-refractivity contribution in [3.63, 3.8) is 0 Å². The van der Waals surface area contributed by atoms with Crippen LogP contribution in [-0.4, -0.2) is 19.6 Å². The second-order valence-electron chi connectivity index (χ2n) is 4.71. The average Bonchev–Trinajstić information content (AvgIpc) is 2.54. The Bertz CT molecular complexity index is 569. The lowest BCUT2D eigenvalue weighted by Gasteiger charge is -2.11. The van der Waals surface area contributed by atoms with Crippen LogP contribution in [0.15, 0.2) is 54.6 Å². The van der Waals surface area contributed by atoms with Crippen LogP contribution in [0.4, 0.5) is 0 Å². The molecule has 1 amide bonds. The smallest absolute Gasteiger partial charge is 0.224 e. The summed E-state index contributed by atoms with van der Waals surface area (Å²) in [5.74, 6) is 0.810. The molecule has 0 aliphatic carbocycles. The number of ether oxygens (including phenoxy) is 1. The highest BCUT2D eigenvalue weighted by Gasteiger charge is 2.09. The fraction of sp³-hybridized carbons (Fsp3) is 0.235. The van der Waals surface area contributed by atoms with Crippen molar-refractivity contribution in [1.29, 1.82) is 0 Å². The molecule has 0 bridgehead atoms. The second kappa shape index (κ2) is 7.84. The molecule has 0 saturated heterocycles. The maximum absolute atomic E-state index is 11.9. The Morgan fingerprint density at radius 1 is 1.14 bits per heavy atom. The van der Waals surface area contributed by atoms with Crippen molar-refractivity contribution in [3.05, 3.63) is 65.7 Å². The van der Waals surface area contributed by atoms with Crippen molar-refractivity contribution in [3.8, 4) is 5.75 Å². The molecule has 2 rings (SSSR count). The van der Waals surface area contributed by atoms with Crippen molar-refractivity contribution in [2.24, 2.45) is 0 Å². The number of rotatable bonds is 6. The SMILES string of the molecule is COc1ccc(CC(=O)NCC(Br)c2ccccc2)cc1. The van der Waals surface area contributed by atoms with Gasteiger partial charge in [0.2, 0.25) is 5.91 Å². The summed E-state index contributed by atoms with van der Waals surface area (Å²) >= 11 is 3.59. The summed E-state index contributed by atoms with van der Waals surface area (Å²) in [6, 6.07) is 17.6. The van der Waals surface area contributed by atoms with Crippen LogP contribution >= 0.6 is 15.9 Å². The van der Waals surface area contributed by atoms with E-state index in [4.69, 9.17) is 4.74 Å². The Kier molecular flexibility index (Phi) is 5.81. The molecule has 2 aromatic rings. The van der Waals surface area contributed by atoms with E-state index < -0.39 is 0 Å². The molecule has 0 fully saturated rings. The van der Waals surface area contributed by atoms with E-state index in [1.807, 2.05) is 54.6 Å². The van der Waals surface area contributed by atoms with Crippen LogP contribution in [0.2, 0.25) is 0 Å². The Morgan fingerprint density at radius 2 is 1.81 bits per heavy atom. The maximum Gasteiger partial charge on any atom is 0.224 e. The number of alkyl halides is 1. The zero-order valence-electron chi connectivity index (χ0n) is 11.9. The van der Waals surface area contributed by atoms with E-state index in [-0.39, 0.29) is 10.7 Å². The highest BCUT2D eigenvalue weighted by molar-refractivity contribution is 9.09. The lowest BCUT2D eigenvalue weighted by molar-refractivity contribution is -0.120. The van der Waals surface area contributed by atoms with Gasteiger partial charge in [-0.25, -0.2) is 0 Å². The van der Waals surface area contributed by atoms with E-state index in [1.165, 1.54) is 0 Å². The van der Waals surface area contributed by atoms with E-state index in [2.05, 4.69) is 21.2 Å². The molecule has 1 unspecified atom stereocenters.